The van der Waals surface area contributed by atoms with Gasteiger partial charge in [-0.25, -0.2) is 4.98 Å². The Morgan fingerprint density at radius 2 is 2.00 bits per heavy atom. The molecular formula is C14H19BrN2O. The minimum absolute atomic E-state index is 0.147. The van der Waals surface area contributed by atoms with Gasteiger partial charge < -0.3 is 5.32 Å². The molecule has 1 aromatic heterocycles. The van der Waals surface area contributed by atoms with Gasteiger partial charge in [0.2, 0.25) is 5.91 Å². The fraction of sp³-hybridized carbons (Fsp3) is 0.571. The van der Waals surface area contributed by atoms with Crippen LogP contribution in [0.1, 0.15) is 38.3 Å². The van der Waals surface area contributed by atoms with Crippen molar-refractivity contribution in [1.82, 2.24) is 4.98 Å². The van der Waals surface area contributed by atoms with Crippen LogP contribution in [0.25, 0.3) is 0 Å². The quantitative estimate of drug-likeness (QED) is 0.841. The lowest BCUT2D eigenvalue weighted by Gasteiger charge is -2.25. The number of carbonyl (C=O) groups is 1. The average Bonchev–Trinajstić information content (AvgIpc) is 2.33. The maximum absolute atomic E-state index is 12.2. The maximum Gasteiger partial charge on any atom is 0.227 e. The third kappa shape index (κ3) is 3.31. The van der Waals surface area contributed by atoms with E-state index in [2.05, 4.69) is 33.2 Å². The van der Waals surface area contributed by atoms with Crippen molar-refractivity contribution in [3.63, 3.8) is 0 Å². The molecule has 18 heavy (non-hydrogen) atoms. The van der Waals surface area contributed by atoms with Gasteiger partial charge >= 0.3 is 0 Å². The second kappa shape index (κ2) is 5.83. The summed E-state index contributed by atoms with van der Waals surface area (Å²) in [6.45, 7) is 4.17. The molecule has 1 aliphatic carbocycles. The molecule has 3 nitrogen and oxygen atoms in total. The Bertz CT molecular complexity index is 439. The van der Waals surface area contributed by atoms with E-state index in [1.165, 1.54) is 0 Å². The van der Waals surface area contributed by atoms with Crippen molar-refractivity contribution in [3.8, 4) is 0 Å². The predicted octanol–water partition coefficient (Wildman–Crippen LogP) is 3.92. The first kappa shape index (κ1) is 13.5. The van der Waals surface area contributed by atoms with Gasteiger partial charge in [-0.05, 0) is 66.6 Å². The smallest absolute Gasteiger partial charge is 0.227 e. The van der Waals surface area contributed by atoms with Crippen molar-refractivity contribution < 1.29 is 4.79 Å². The van der Waals surface area contributed by atoms with E-state index in [1.807, 2.05) is 19.1 Å². The molecule has 0 atom stereocenters. The number of anilines is 1. The Hall–Kier alpha value is -0.900. The summed E-state index contributed by atoms with van der Waals surface area (Å²) in [7, 11) is 0. The fourth-order valence-corrected chi connectivity index (χ4v) is 2.82. The molecule has 1 heterocycles. The Labute approximate surface area is 117 Å². The van der Waals surface area contributed by atoms with Crippen molar-refractivity contribution in [2.45, 2.75) is 39.5 Å². The number of nitrogens with one attached hydrogen (secondary N) is 1. The molecule has 4 heteroatoms. The fourth-order valence-electron chi connectivity index (χ4n) is 2.42. The lowest BCUT2D eigenvalue weighted by Crippen LogP contribution is -2.27. The Morgan fingerprint density at radius 1 is 1.33 bits per heavy atom. The molecule has 2 rings (SSSR count). The number of hydrogen-bond donors (Lipinski definition) is 1. The second-order valence-electron chi connectivity index (χ2n) is 5.21. The van der Waals surface area contributed by atoms with Crippen LogP contribution in [0.2, 0.25) is 0 Å². The summed E-state index contributed by atoms with van der Waals surface area (Å²) < 4.78 is 0.796. The van der Waals surface area contributed by atoms with Crippen molar-refractivity contribution in [3.05, 3.63) is 22.4 Å². The van der Waals surface area contributed by atoms with Gasteiger partial charge in [0, 0.05) is 5.92 Å². The SMILES string of the molecule is Cc1nc(Br)ccc1NC(=O)C1CCC(C)CC1. The van der Waals surface area contributed by atoms with Gasteiger partial charge in [-0.15, -0.1) is 0 Å². The summed E-state index contributed by atoms with van der Waals surface area (Å²) in [6.07, 6.45) is 4.34. The third-order valence-electron chi connectivity index (χ3n) is 3.70. The first-order valence-corrected chi connectivity index (χ1v) is 7.29. The molecule has 1 N–H and O–H groups in total. The van der Waals surface area contributed by atoms with Crippen LogP contribution in [-0.4, -0.2) is 10.9 Å². The van der Waals surface area contributed by atoms with Crippen LogP contribution in [0.4, 0.5) is 5.69 Å². The van der Waals surface area contributed by atoms with Crippen molar-refractivity contribution in [2.24, 2.45) is 11.8 Å². The molecule has 0 aromatic carbocycles. The van der Waals surface area contributed by atoms with Gasteiger partial charge in [-0.1, -0.05) is 6.92 Å². The molecule has 0 bridgehead atoms. The normalized spacial score (nSPS) is 23.7. The number of rotatable bonds is 2. The topological polar surface area (TPSA) is 42.0 Å². The summed E-state index contributed by atoms with van der Waals surface area (Å²) >= 11 is 3.32. The number of hydrogen-bond acceptors (Lipinski definition) is 2. The lowest BCUT2D eigenvalue weighted by molar-refractivity contribution is -0.121. The van der Waals surface area contributed by atoms with Crippen LogP contribution < -0.4 is 5.32 Å². The molecule has 0 aliphatic heterocycles. The highest BCUT2D eigenvalue weighted by molar-refractivity contribution is 9.10. The van der Waals surface area contributed by atoms with E-state index < -0.39 is 0 Å². The Morgan fingerprint density at radius 3 is 2.61 bits per heavy atom. The van der Waals surface area contributed by atoms with E-state index in [0.717, 1.165) is 47.6 Å². The molecule has 0 spiro atoms. The highest BCUT2D eigenvalue weighted by Gasteiger charge is 2.24. The van der Waals surface area contributed by atoms with Crippen LogP contribution in [-0.2, 0) is 4.79 Å². The molecule has 1 fully saturated rings. The van der Waals surface area contributed by atoms with Crippen molar-refractivity contribution in [2.75, 3.05) is 5.32 Å². The van der Waals surface area contributed by atoms with Gasteiger partial charge in [-0.2, -0.15) is 0 Å². The van der Waals surface area contributed by atoms with E-state index in [1.54, 1.807) is 0 Å². The molecular weight excluding hydrogens is 292 g/mol. The van der Waals surface area contributed by atoms with Crippen LogP contribution in [0.3, 0.4) is 0 Å². The second-order valence-corrected chi connectivity index (χ2v) is 6.03. The predicted molar refractivity (Wildman–Crippen MR) is 76.4 cm³/mol. The highest BCUT2D eigenvalue weighted by atomic mass is 79.9. The number of amides is 1. The highest BCUT2D eigenvalue weighted by Crippen LogP contribution is 2.29. The molecule has 1 saturated carbocycles. The summed E-state index contributed by atoms with van der Waals surface area (Å²) in [5, 5.41) is 3.00. The van der Waals surface area contributed by atoms with E-state index in [4.69, 9.17) is 0 Å². The van der Waals surface area contributed by atoms with Crippen LogP contribution >= 0.6 is 15.9 Å². The monoisotopic (exact) mass is 310 g/mol. The lowest BCUT2D eigenvalue weighted by atomic mass is 9.82. The summed E-state index contributed by atoms with van der Waals surface area (Å²) in [5.74, 6) is 1.09. The number of aromatic nitrogens is 1. The Balaban J connectivity index is 1.98. The van der Waals surface area contributed by atoms with Crippen LogP contribution in [0.5, 0.6) is 0 Å². The van der Waals surface area contributed by atoms with Gasteiger partial charge in [0.1, 0.15) is 4.60 Å². The van der Waals surface area contributed by atoms with Gasteiger partial charge in [0.15, 0.2) is 0 Å². The van der Waals surface area contributed by atoms with Crippen molar-refractivity contribution in [1.29, 1.82) is 0 Å². The zero-order chi connectivity index (χ0) is 13.1. The Kier molecular flexibility index (Phi) is 4.38. The van der Waals surface area contributed by atoms with E-state index in [-0.39, 0.29) is 11.8 Å². The number of pyridine rings is 1. The molecule has 0 unspecified atom stereocenters. The standard InChI is InChI=1S/C14H19BrN2O/c1-9-3-5-11(6-4-9)14(18)17-12-7-8-13(15)16-10(12)2/h7-9,11H,3-6H2,1-2H3,(H,17,18). The van der Waals surface area contributed by atoms with E-state index in [0.29, 0.717) is 0 Å². The van der Waals surface area contributed by atoms with Gasteiger partial charge in [0.25, 0.3) is 0 Å². The van der Waals surface area contributed by atoms with E-state index in [9.17, 15) is 4.79 Å². The molecule has 1 aliphatic rings. The van der Waals surface area contributed by atoms with Gasteiger partial charge in [0.05, 0.1) is 11.4 Å². The molecule has 0 saturated heterocycles. The number of carbonyl (C=O) groups excluding carboxylic acids is 1. The molecule has 0 radical (unpaired) electrons. The molecule has 1 amide bonds. The first-order chi connectivity index (χ1) is 8.56. The van der Waals surface area contributed by atoms with Crippen molar-refractivity contribution >= 4 is 27.5 Å². The van der Waals surface area contributed by atoms with Crippen LogP contribution in [0.15, 0.2) is 16.7 Å². The minimum atomic E-state index is 0.147. The maximum atomic E-state index is 12.2. The number of aryl methyl sites for hydroxylation is 1. The number of nitrogens with zero attached hydrogens (tertiary/aromatic N) is 1. The van der Waals surface area contributed by atoms with Gasteiger partial charge in [-0.3, -0.25) is 4.79 Å². The minimum Gasteiger partial charge on any atom is -0.324 e. The zero-order valence-corrected chi connectivity index (χ0v) is 12.5. The summed E-state index contributed by atoms with van der Waals surface area (Å²) in [4.78, 5) is 16.4. The number of halogens is 1. The molecule has 98 valence electrons. The first-order valence-electron chi connectivity index (χ1n) is 6.50. The summed E-state index contributed by atoms with van der Waals surface area (Å²) in [5.41, 5.74) is 1.67. The summed E-state index contributed by atoms with van der Waals surface area (Å²) in [6, 6.07) is 3.75. The van der Waals surface area contributed by atoms with E-state index >= 15 is 0 Å². The molecule has 1 aromatic rings. The average molecular weight is 311 g/mol. The van der Waals surface area contributed by atoms with Crippen LogP contribution in [0, 0.1) is 18.8 Å². The third-order valence-corrected chi connectivity index (χ3v) is 4.14. The zero-order valence-electron chi connectivity index (χ0n) is 10.9. The largest absolute Gasteiger partial charge is 0.324 e.